The van der Waals surface area contributed by atoms with Gasteiger partial charge in [-0.1, -0.05) is 0 Å². The minimum Gasteiger partial charge on any atom is -0.448 e. The van der Waals surface area contributed by atoms with Crippen molar-refractivity contribution in [3.8, 4) is 11.5 Å². The zero-order valence-corrected chi connectivity index (χ0v) is 18.6. The van der Waals surface area contributed by atoms with Gasteiger partial charge < -0.3 is 14.8 Å². The second kappa shape index (κ2) is 9.40. The minimum atomic E-state index is -3.40. The Morgan fingerprint density at radius 1 is 1.21 bits per heavy atom. The average molecular weight is 480 g/mol. The molecule has 3 aromatic rings. The van der Waals surface area contributed by atoms with Gasteiger partial charge in [-0.25, -0.2) is 22.2 Å². The molecule has 2 aromatic heterocycles. The number of nitrogens with zero attached hydrogens (tertiary/aromatic N) is 3. The Morgan fingerprint density at radius 3 is 2.67 bits per heavy atom. The van der Waals surface area contributed by atoms with E-state index in [1.807, 2.05) is 0 Å². The van der Waals surface area contributed by atoms with E-state index in [0.717, 1.165) is 35.8 Å². The SMILES string of the molecule is CS(=O)(=O)CCn1c(=O)c(Oc2ccc(F)cc2F)cc2cnc(NC3CCOCC3)nc21. The summed E-state index contributed by atoms with van der Waals surface area (Å²) in [6.07, 6.45) is 4.08. The molecule has 176 valence electrons. The summed E-state index contributed by atoms with van der Waals surface area (Å²) in [5, 5.41) is 3.59. The van der Waals surface area contributed by atoms with E-state index in [0.29, 0.717) is 30.6 Å². The van der Waals surface area contributed by atoms with Gasteiger partial charge in [-0.2, -0.15) is 4.98 Å². The lowest BCUT2D eigenvalue weighted by Crippen LogP contribution is -2.29. The Balaban J connectivity index is 1.75. The highest BCUT2D eigenvalue weighted by atomic mass is 32.2. The summed E-state index contributed by atoms with van der Waals surface area (Å²) >= 11 is 0. The van der Waals surface area contributed by atoms with Crippen LogP contribution in [0.5, 0.6) is 11.5 Å². The van der Waals surface area contributed by atoms with E-state index in [9.17, 15) is 22.0 Å². The largest absolute Gasteiger partial charge is 0.448 e. The van der Waals surface area contributed by atoms with Crippen LogP contribution in [0.15, 0.2) is 35.3 Å². The second-order valence-corrected chi connectivity index (χ2v) is 10.0. The van der Waals surface area contributed by atoms with Crippen molar-refractivity contribution in [1.29, 1.82) is 0 Å². The Hall–Kier alpha value is -3.12. The zero-order valence-electron chi connectivity index (χ0n) is 17.8. The van der Waals surface area contributed by atoms with Gasteiger partial charge in [-0.3, -0.25) is 9.36 Å². The number of fused-ring (bicyclic) bond motifs is 1. The third-order valence-corrected chi connectivity index (χ3v) is 6.07. The van der Waals surface area contributed by atoms with Crippen LogP contribution in [-0.2, 0) is 21.1 Å². The maximum absolute atomic E-state index is 14.1. The first-order valence-electron chi connectivity index (χ1n) is 10.2. The van der Waals surface area contributed by atoms with Crippen molar-refractivity contribution in [3.63, 3.8) is 0 Å². The molecule has 3 heterocycles. The topological polar surface area (TPSA) is 112 Å². The fourth-order valence-electron chi connectivity index (χ4n) is 3.44. The van der Waals surface area contributed by atoms with Gasteiger partial charge in [0.05, 0.1) is 5.75 Å². The number of sulfone groups is 1. The normalized spacial score (nSPS) is 15.0. The summed E-state index contributed by atoms with van der Waals surface area (Å²) in [4.78, 5) is 21.8. The van der Waals surface area contributed by atoms with E-state index in [4.69, 9.17) is 9.47 Å². The van der Waals surface area contributed by atoms with Crippen LogP contribution in [0.3, 0.4) is 0 Å². The van der Waals surface area contributed by atoms with Crippen LogP contribution in [0.2, 0.25) is 0 Å². The van der Waals surface area contributed by atoms with E-state index in [1.165, 1.54) is 12.3 Å². The quantitative estimate of drug-likeness (QED) is 0.549. The van der Waals surface area contributed by atoms with Crippen molar-refractivity contribution < 1.29 is 26.7 Å². The average Bonchev–Trinajstić information content (AvgIpc) is 2.76. The maximum atomic E-state index is 14.1. The number of aryl methyl sites for hydroxylation is 1. The van der Waals surface area contributed by atoms with Crippen molar-refractivity contribution in [2.45, 2.75) is 25.4 Å². The molecule has 1 aromatic carbocycles. The highest BCUT2D eigenvalue weighted by molar-refractivity contribution is 7.90. The molecule has 1 fully saturated rings. The van der Waals surface area contributed by atoms with Crippen molar-refractivity contribution in [2.75, 3.05) is 30.5 Å². The van der Waals surface area contributed by atoms with Gasteiger partial charge in [-0.15, -0.1) is 0 Å². The molecular formula is C21H22F2N4O5S. The van der Waals surface area contributed by atoms with Gasteiger partial charge in [-0.05, 0) is 31.0 Å². The van der Waals surface area contributed by atoms with Crippen LogP contribution in [0.1, 0.15) is 12.8 Å². The first-order valence-corrected chi connectivity index (χ1v) is 12.3. The zero-order chi connectivity index (χ0) is 23.6. The molecule has 0 spiro atoms. The molecule has 12 heteroatoms. The third-order valence-electron chi connectivity index (χ3n) is 5.15. The lowest BCUT2D eigenvalue weighted by atomic mass is 10.1. The Morgan fingerprint density at radius 2 is 1.97 bits per heavy atom. The number of hydrogen-bond donors (Lipinski definition) is 1. The van der Waals surface area contributed by atoms with Crippen LogP contribution < -0.4 is 15.6 Å². The molecule has 4 rings (SSSR count). The van der Waals surface area contributed by atoms with Crippen molar-refractivity contribution in [3.05, 3.63) is 52.5 Å². The number of nitrogens with one attached hydrogen (secondary N) is 1. The first-order chi connectivity index (χ1) is 15.7. The molecule has 0 amide bonds. The van der Waals surface area contributed by atoms with Crippen molar-refractivity contribution in [1.82, 2.24) is 14.5 Å². The highest BCUT2D eigenvalue weighted by Crippen LogP contribution is 2.25. The van der Waals surface area contributed by atoms with E-state index >= 15 is 0 Å². The van der Waals surface area contributed by atoms with E-state index in [2.05, 4.69) is 15.3 Å². The molecule has 0 radical (unpaired) electrons. The molecule has 0 atom stereocenters. The number of ether oxygens (including phenoxy) is 2. The van der Waals surface area contributed by atoms with E-state index in [1.54, 1.807) is 0 Å². The number of pyridine rings is 1. The molecule has 0 bridgehead atoms. The monoisotopic (exact) mass is 480 g/mol. The molecule has 33 heavy (non-hydrogen) atoms. The first kappa shape index (κ1) is 23.1. The third kappa shape index (κ3) is 5.63. The van der Waals surface area contributed by atoms with E-state index in [-0.39, 0.29) is 35.5 Å². The van der Waals surface area contributed by atoms with Gasteiger partial charge in [0.15, 0.2) is 17.3 Å². The van der Waals surface area contributed by atoms with Crippen molar-refractivity contribution >= 4 is 26.8 Å². The number of halogens is 2. The predicted octanol–water partition coefficient (Wildman–Crippen LogP) is 2.50. The molecule has 0 unspecified atom stereocenters. The molecule has 1 aliphatic rings. The van der Waals surface area contributed by atoms with Crippen LogP contribution in [-0.4, -0.2) is 54.2 Å². The summed E-state index contributed by atoms with van der Waals surface area (Å²) in [5.41, 5.74) is -0.495. The smallest absolute Gasteiger partial charge is 0.295 e. The number of rotatable bonds is 7. The van der Waals surface area contributed by atoms with Crippen molar-refractivity contribution in [2.24, 2.45) is 0 Å². The molecule has 1 aliphatic heterocycles. The lowest BCUT2D eigenvalue weighted by Gasteiger charge is -2.23. The Bertz CT molecular complexity index is 1340. The summed E-state index contributed by atoms with van der Waals surface area (Å²) < 4.78 is 62.7. The van der Waals surface area contributed by atoms with Crippen LogP contribution in [0, 0.1) is 11.6 Å². The van der Waals surface area contributed by atoms with Gasteiger partial charge >= 0.3 is 0 Å². The van der Waals surface area contributed by atoms with Crippen LogP contribution in [0.4, 0.5) is 14.7 Å². The fraction of sp³-hybridized carbons (Fsp3) is 0.381. The molecule has 9 nitrogen and oxygen atoms in total. The molecule has 1 N–H and O–H groups in total. The Kier molecular flexibility index (Phi) is 6.56. The number of hydrogen-bond acceptors (Lipinski definition) is 8. The highest BCUT2D eigenvalue weighted by Gasteiger charge is 2.19. The second-order valence-electron chi connectivity index (χ2n) is 7.78. The van der Waals surface area contributed by atoms with Crippen LogP contribution >= 0.6 is 0 Å². The standard InChI is InChI=1S/C21H22F2N4O5S/c1-33(29,30)9-6-27-19-13(12-24-21(26-19)25-15-4-7-31-8-5-15)10-18(20(27)28)32-17-3-2-14(22)11-16(17)23/h2-3,10-12,15H,4-9H2,1H3,(H,24,25,26). The molecule has 0 saturated carbocycles. The van der Waals surface area contributed by atoms with Gasteiger partial charge in [0.25, 0.3) is 5.56 Å². The summed E-state index contributed by atoms with van der Waals surface area (Å²) in [5.74, 6) is -2.41. The summed E-state index contributed by atoms with van der Waals surface area (Å²) in [7, 11) is -3.40. The van der Waals surface area contributed by atoms with Gasteiger partial charge in [0, 0.05) is 49.7 Å². The molecule has 0 aliphatic carbocycles. The summed E-state index contributed by atoms with van der Waals surface area (Å²) in [6, 6.07) is 4.15. The molecule has 1 saturated heterocycles. The number of anilines is 1. The van der Waals surface area contributed by atoms with Gasteiger partial charge in [0.2, 0.25) is 5.95 Å². The molecular weight excluding hydrogens is 458 g/mol. The van der Waals surface area contributed by atoms with E-state index < -0.39 is 27.0 Å². The Labute approximate surface area is 188 Å². The maximum Gasteiger partial charge on any atom is 0.295 e. The van der Waals surface area contributed by atoms with Gasteiger partial charge in [0.1, 0.15) is 21.3 Å². The van der Waals surface area contributed by atoms with Crippen LogP contribution in [0.25, 0.3) is 11.0 Å². The minimum absolute atomic E-state index is 0.108. The fourth-order valence-corrected chi connectivity index (χ4v) is 3.95. The summed E-state index contributed by atoms with van der Waals surface area (Å²) in [6.45, 7) is 1.04. The predicted molar refractivity (Wildman–Crippen MR) is 117 cm³/mol. The number of aromatic nitrogens is 3. The number of benzene rings is 1. The lowest BCUT2D eigenvalue weighted by molar-refractivity contribution is 0.0903.